The number of hydrogen-bond acceptors (Lipinski definition) is 3. The molecule has 2 aromatic carbocycles. The minimum absolute atomic E-state index is 0.137. The van der Waals surface area contributed by atoms with Gasteiger partial charge in [-0.15, -0.1) is 0 Å². The molecule has 1 fully saturated rings. The lowest BCUT2D eigenvalue weighted by atomic mass is 10.0. The van der Waals surface area contributed by atoms with Crippen molar-refractivity contribution in [3.63, 3.8) is 0 Å². The van der Waals surface area contributed by atoms with Gasteiger partial charge in [-0.05, 0) is 61.9 Å². The molecule has 0 radical (unpaired) electrons. The largest absolute Gasteiger partial charge is 0.308 e. The van der Waals surface area contributed by atoms with Gasteiger partial charge in [0.2, 0.25) is 10.0 Å². The highest BCUT2D eigenvalue weighted by Crippen LogP contribution is 2.30. The number of hydrogen-bond donors (Lipinski definition) is 0. The Labute approximate surface area is 167 Å². The third-order valence-corrected chi connectivity index (χ3v) is 7.76. The predicted octanol–water partition coefficient (Wildman–Crippen LogP) is 3.76. The number of sulfonamides is 1. The van der Waals surface area contributed by atoms with Crippen LogP contribution in [0.1, 0.15) is 47.2 Å². The van der Waals surface area contributed by atoms with Gasteiger partial charge in [-0.25, -0.2) is 8.42 Å². The number of carbonyl (C=O) groups is 1. The van der Waals surface area contributed by atoms with Gasteiger partial charge in [0.25, 0.3) is 5.91 Å². The van der Waals surface area contributed by atoms with E-state index in [1.165, 1.54) is 0 Å². The Kier molecular flexibility index (Phi) is 5.25. The molecule has 28 heavy (non-hydrogen) atoms. The van der Waals surface area contributed by atoms with Crippen LogP contribution in [-0.2, 0) is 16.4 Å². The van der Waals surface area contributed by atoms with Crippen molar-refractivity contribution in [2.24, 2.45) is 0 Å². The maximum Gasteiger partial charge on any atom is 0.258 e. The molecule has 0 unspecified atom stereocenters. The number of nitrogens with zero attached hydrogens (tertiary/aromatic N) is 2. The number of rotatable bonds is 3. The summed E-state index contributed by atoms with van der Waals surface area (Å²) in [7, 11) is -3.58. The molecule has 0 atom stereocenters. The second kappa shape index (κ2) is 7.68. The van der Waals surface area contributed by atoms with Crippen LogP contribution in [-0.4, -0.2) is 38.3 Å². The lowest BCUT2D eigenvalue weighted by Crippen LogP contribution is -2.37. The summed E-state index contributed by atoms with van der Waals surface area (Å²) in [5.74, 6) is -0.137. The highest BCUT2D eigenvalue weighted by Gasteiger charge is 2.29. The number of aryl methyl sites for hydroxylation is 2. The number of carbonyl (C=O) groups excluding carboxylic acids is 1. The summed E-state index contributed by atoms with van der Waals surface area (Å²) in [4.78, 5) is 15.3. The van der Waals surface area contributed by atoms with E-state index in [0.29, 0.717) is 30.8 Å². The van der Waals surface area contributed by atoms with E-state index in [-0.39, 0.29) is 10.8 Å². The van der Waals surface area contributed by atoms with E-state index >= 15 is 0 Å². The third-order valence-electron chi connectivity index (χ3n) is 5.72. The van der Waals surface area contributed by atoms with Gasteiger partial charge in [0.05, 0.1) is 4.90 Å². The molecule has 4 rings (SSSR count). The van der Waals surface area contributed by atoms with Crippen LogP contribution < -0.4 is 4.90 Å². The van der Waals surface area contributed by atoms with Crippen LogP contribution in [0.15, 0.2) is 47.4 Å². The van der Waals surface area contributed by atoms with Gasteiger partial charge in [-0.2, -0.15) is 4.31 Å². The summed E-state index contributed by atoms with van der Waals surface area (Å²) >= 11 is 0. The average molecular weight is 399 g/mol. The Morgan fingerprint density at radius 2 is 1.68 bits per heavy atom. The third kappa shape index (κ3) is 3.47. The molecule has 2 aliphatic rings. The van der Waals surface area contributed by atoms with Crippen molar-refractivity contribution in [2.75, 3.05) is 24.5 Å². The molecule has 0 bridgehead atoms. The van der Waals surface area contributed by atoms with Gasteiger partial charge in [0.1, 0.15) is 0 Å². The molecule has 5 nitrogen and oxygen atoms in total. The van der Waals surface area contributed by atoms with Crippen molar-refractivity contribution in [2.45, 2.75) is 43.9 Å². The molecule has 0 N–H and O–H groups in total. The first-order valence-electron chi connectivity index (χ1n) is 9.99. The summed E-state index contributed by atoms with van der Waals surface area (Å²) in [5, 5.41) is 0. The second-order valence-electron chi connectivity index (χ2n) is 7.63. The van der Waals surface area contributed by atoms with Crippen molar-refractivity contribution in [3.8, 4) is 0 Å². The van der Waals surface area contributed by atoms with E-state index in [1.807, 2.05) is 18.2 Å². The van der Waals surface area contributed by atoms with Crippen molar-refractivity contribution in [1.82, 2.24) is 4.31 Å². The molecule has 2 aliphatic heterocycles. The fourth-order valence-corrected chi connectivity index (χ4v) is 5.92. The van der Waals surface area contributed by atoms with E-state index in [1.54, 1.807) is 34.3 Å². The standard InChI is InChI=1S/C22H26N2O3S/c1-17-11-12-19(16-21(17)28(26,27)23-13-5-2-6-14-23)22(25)24-15-7-9-18-8-3-4-10-20(18)24/h3-4,8,10-12,16H,2,5-7,9,13-15H2,1H3. The monoisotopic (exact) mass is 398 g/mol. The summed E-state index contributed by atoms with van der Waals surface area (Å²) in [6.45, 7) is 3.55. The Bertz CT molecular complexity index is 995. The second-order valence-corrected chi connectivity index (χ2v) is 9.54. The van der Waals surface area contributed by atoms with E-state index in [9.17, 15) is 13.2 Å². The van der Waals surface area contributed by atoms with Crippen LogP contribution in [0.4, 0.5) is 5.69 Å². The normalized spacial score (nSPS) is 18.0. The highest BCUT2D eigenvalue weighted by atomic mass is 32.2. The molecule has 148 valence electrons. The topological polar surface area (TPSA) is 57.7 Å². The van der Waals surface area contributed by atoms with E-state index in [0.717, 1.165) is 43.4 Å². The van der Waals surface area contributed by atoms with Crippen LogP contribution in [0, 0.1) is 6.92 Å². The number of fused-ring (bicyclic) bond motifs is 1. The minimum Gasteiger partial charge on any atom is -0.308 e. The SMILES string of the molecule is Cc1ccc(C(=O)N2CCCc3ccccc32)cc1S(=O)(=O)N1CCCCC1. The first-order valence-corrected chi connectivity index (χ1v) is 11.4. The fraction of sp³-hybridized carbons (Fsp3) is 0.409. The number of benzene rings is 2. The zero-order chi connectivity index (χ0) is 19.7. The summed E-state index contributed by atoms with van der Waals surface area (Å²) < 4.78 is 27.9. The molecule has 1 saturated heterocycles. The van der Waals surface area contributed by atoms with Crippen molar-refractivity contribution < 1.29 is 13.2 Å². The maximum absolute atomic E-state index is 13.2. The maximum atomic E-state index is 13.2. The zero-order valence-electron chi connectivity index (χ0n) is 16.2. The smallest absolute Gasteiger partial charge is 0.258 e. The Hall–Kier alpha value is -2.18. The molecular formula is C22H26N2O3S. The predicted molar refractivity (Wildman–Crippen MR) is 110 cm³/mol. The first-order chi connectivity index (χ1) is 13.5. The summed E-state index contributed by atoms with van der Waals surface area (Å²) in [5.41, 5.74) is 3.20. The van der Waals surface area contributed by atoms with Gasteiger partial charge in [0, 0.05) is 30.9 Å². The quantitative estimate of drug-likeness (QED) is 0.791. The molecule has 6 heteroatoms. The Morgan fingerprint density at radius 3 is 2.46 bits per heavy atom. The lowest BCUT2D eigenvalue weighted by molar-refractivity contribution is 0.0985. The zero-order valence-corrected chi connectivity index (χ0v) is 17.0. The molecule has 2 heterocycles. The minimum atomic E-state index is -3.58. The molecule has 2 aromatic rings. The summed E-state index contributed by atoms with van der Waals surface area (Å²) in [6.07, 6.45) is 4.72. The van der Waals surface area contributed by atoms with Crippen molar-refractivity contribution in [3.05, 3.63) is 59.2 Å². The number of piperidine rings is 1. The van der Waals surface area contributed by atoms with Gasteiger partial charge in [0.15, 0.2) is 0 Å². The van der Waals surface area contributed by atoms with Crippen LogP contribution in [0.25, 0.3) is 0 Å². The number of anilines is 1. The summed E-state index contributed by atoms with van der Waals surface area (Å²) in [6, 6.07) is 13.0. The van der Waals surface area contributed by atoms with Crippen LogP contribution >= 0.6 is 0 Å². The molecule has 0 spiro atoms. The van der Waals surface area contributed by atoms with Crippen LogP contribution in [0.3, 0.4) is 0 Å². The lowest BCUT2D eigenvalue weighted by Gasteiger charge is -2.30. The molecular weight excluding hydrogens is 372 g/mol. The van der Waals surface area contributed by atoms with Crippen LogP contribution in [0.2, 0.25) is 0 Å². The van der Waals surface area contributed by atoms with Gasteiger partial charge >= 0.3 is 0 Å². The first kappa shape index (κ1) is 19.2. The molecule has 0 aliphatic carbocycles. The van der Waals surface area contributed by atoms with Crippen molar-refractivity contribution in [1.29, 1.82) is 0 Å². The van der Waals surface area contributed by atoms with Gasteiger partial charge in [-0.3, -0.25) is 4.79 Å². The van der Waals surface area contributed by atoms with E-state index < -0.39 is 10.0 Å². The van der Waals surface area contributed by atoms with Crippen LogP contribution in [0.5, 0.6) is 0 Å². The average Bonchev–Trinajstić information content (AvgIpc) is 2.73. The fourth-order valence-electron chi connectivity index (χ4n) is 4.16. The Morgan fingerprint density at radius 1 is 0.929 bits per heavy atom. The van der Waals surface area contributed by atoms with E-state index in [2.05, 4.69) is 6.07 Å². The number of amides is 1. The van der Waals surface area contributed by atoms with Crippen molar-refractivity contribution >= 4 is 21.6 Å². The van der Waals surface area contributed by atoms with E-state index in [4.69, 9.17) is 0 Å². The Balaban J connectivity index is 1.69. The molecule has 0 aromatic heterocycles. The molecule has 1 amide bonds. The van der Waals surface area contributed by atoms with Gasteiger partial charge < -0.3 is 4.90 Å². The number of para-hydroxylation sites is 1. The molecule has 0 saturated carbocycles. The highest BCUT2D eigenvalue weighted by molar-refractivity contribution is 7.89. The van der Waals surface area contributed by atoms with Gasteiger partial charge in [-0.1, -0.05) is 30.7 Å².